The summed E-state index contributed by atoms with van der Waals surface area (Å²) in [6, 6.07) is 7.86. The Morgan fingerprint density at radius 2 is 2.00 bits per heavy atom. The molecule has 3 rings (SSSR count). The number of ether oxygens (including phenoxy) is 1. The lowest BCUT2D eigenvalue weighted by molar-refractivity contribution is -0.121. The summed E-state index contributed by atoms with van der Waals surface area (Å²) in [5.74, 6) is 0.521. The summed E-state index contributed by atoms with van der Waals surface area (Å²) in [4.78, 5) is 29.4. The molecule has 1 fully saturated rings. The zero-order valence-electron chi connectivity index (χ0n) is 14.4. The zero-order valence-corrected chi connectivity index (χ0v) is 15.2. The molecule has 1 saturated heterocycles. The highest BCUT2D eigenvalue weighted by atomic mass is 32.2. The highest BCUT2D eigenvalue weighted by molar-refractivity contribution is 8.00. The first-order chi connectivity index (χ1) is 12.2. The Bertz CT molecular complexity index is 605. The molecule has 0 aromatic heterocycles. The van der Waals surface area contributed by atoms with Gasteiger partial charge < -0.3 is 15.0 Å². The molecule has 0 bridgehead atoms. The zero-order chi connectivity index (χ0) is 17.5. The van der Waals surface area contributed by atoms with E-state index < -0.39 is 0 Å². The average Bonchev–Trinajstić information content (AvgIpc) is 2.65. The number of hydrogen-bond acceptors (Lipinski definition) is 5. The van der Waals surface area contributed by atoms with Crippen molar-refractivity contribution >= 4 is 29.3 Å². The lowest BCUT2D eigenvalue weighted by atomic mass is 10.2. The van der Waals surface area contributed by atoms with Gasteiger partial charge >= 0.3 is 0 Å². The third-order valence-electron chi connectivity index (χ3n) is 4.45. The number of anilines is 1. The van der Waals surface area contributed by atoms with Gasteiger partial charge in [0.15, 0.2) is 0 Å². The summed E-state index contributed by atoms with van der Waals surface area (Å²) in [7, 11) is 0. The summed E-state index contributed by atoms with van der Waals surface area (Å²) >= 11 is 1.56. The first kappa shape index (κ1) is 18.2. The molecular weight excluding hydrogens is 338 g/mol. The Labute approximate surface area is 152 Å². The minimum absolute atomic E-state index is 0.00508. The van der Waals surface area contributed by atoms with Crippen LogP contribution in [0.25, 0.3) is 0 Å². The van der Waals surface area contributed by atoms with E-state index >= 15 is 0 Å². The van der Waals surface area contributed by atoms with E-state index in [4.69, 9.17) is 4.74 Å². The number of amides is 2. The number of carbonyl (C=O) groups is 2. The Balaban J connectivity index is 1.38. The van der Waals surface area contributed by atoms with Crippen LogP contribution in [-0.4, -0.2) is 68.4 Å². The molecule has 6 nitrogen and oxygen atoms in total. The van der Waals surface area contributed by atoms with Crippen LogP contribution in [0.1, 0.15) is 12.8 Å². The van der Waals surface area contributed by atoms with E-state index in [2.05, 4.69) is 10.2 Å². The predicted octanol–water partition coefficient (Wildman–Crippen LogP) is 1.35. The van der Waals surface area contributed by atoms with Gasteiger partial charge in [-0.05, 0) is 25.1 Å². The normalized spacial score (nSPS) is 18.1. The quantitative estimate of drug-likeness (QED) is 0.741. The second kappa shape index (κ2) is 9.22. The van der Waals surface area contributed by atoms with E-state index in [1.165, 1.54) is 0 Å². The standard InChI is InChI=1S/C18H25N3O3S/c22-17(19-7-3-8-20-10-12-24-13-11-20)6-9-21-15-4-1-2-5-16(15)25-14-18(21)23/h1-2,4-5H,3,6-14H2,(H,19,22). The third kappa shape index (κ3) is 5.20. The van der Waals surface area contributed by atoms with Crippen LogP contribution in [0.2, 0.25) is 0 Å². The Morgan fingerprint density at radius 3 is 2.84 bits per heavy atom. The van der Waals surface area contributed by atoms with Crippen LogP contribution in [0, 0.1) is 0 Å². The number of nitrogens with zero attached hydrogens (tertiary/aromatic N) is 2. The van der Waals surface area contributed by atoms with Gasteiger partial charge in [0.2, 0.25) is 11.8 Å². The van der Waals surface area contributed by atoms with Crippen molar-refractivity contribution in [3.63, 3.8) is 0 Å². The van der Waals surface area contributed by atoms with Gasteiger partial charge in [0.1, 0.15) is 0 Å². The molecule has 2 aliphatic heterocycles. The van der Waals surface area contributed by atoms with E-state index in [-0.39, 0.29) is 11.8 Å². The molecule has 0 saturated carbocycles. The van der Waals surface area contributed by atoms with Crippen LogP contribution in [0.5, 0.6) is 0 Å². The van der Waals surface area contributed by atoms with Crippen LogP contribution in [0.15, 0.2) is 29.2 Å². The number of hydrogen-bond donors (Lipinski definition) is 1. The Kier molecular flexibility index (Phi) is 6.72. The van der Waals surface area contributed by atoms with Gasteiger partial charge in [-0.25, -0.2) is 0 Å². The largest absolute Gasteiger partial charge is 0.379 e. The van der Waals surface area contributed by atoms with Crippen LogP contribution in [-0.2, 0) is 14.3 Å². The van der Waals surface area contributed by atoms with Gasteiger partial charge in [0.25, 0.3) is 0 Å². The van der Waals surface area contributed by atoms with E-state index in [0.717, 1.165) is 49.9 Å². The van der Waals surface area contributed by atoms with Crippen molar-refractivity contribution in [2.24, 2.45) is 0 Å². The molecule has 2 heterocycles. The molecule has 1 aromatic carbocycles. The van der Waals surface area contributed by atoms with Crippen molar-refractivity contribution in [1.82, 2.24) is 10.2 Å². The van der Waals surface area contributed by atoms with Gasteiger partial charge in [-0.2, -0.15) is 0 Å². The van der Waals surface area contributed by atoms with Crippen molar-refractivity contribution in [2.45, 2.75) is 17.7 Å². The van der Waals surface area contributed by atoms with E-state index in [1.54, 1.807) is 16.7 Å². The smallest absolute Gasteiger partial charge is 0.237 e. The average molecular weight is 363 g/mol. The Hall–Kier alpha value is -1.57. The molecule has 0 spiro atoms. The Morgan fingerprint density at radius 1 is 1.20 bits per heavy atom. The minimum Gasteiger partial charge on any atom is -0.379 e. The van der Waals surface area contributed by atoms with E-state index in [1.807, 2.05) is 24.3 Å². The summed E-state index contributed by atoms with van der Waals surface area (Å²) in [6.45, 7) is 5.65. The fraction of sp³-hybridized carbons (Fsp3) is 0.556. The minimum atomic E-state index is 0.00508. The van der Waals surface area contributed by atoms with Crippen LogP contribution in [0.4, 0.5) is 5.69 Å². The maximum atomic E-state index is 12.2. The summed E-state index contributed by atoms with van der Waals surface area (Å²) in [6.07, 6.45) is 1.27. The van der Waals surface area contributed by atoms with Crippen LogP contribution >= 0.6 is 11.8 Å². The number of morpholine rings is 1. The van der Waals surface area contributed by atoms with Gasteiger partial charge in [0.05, 0.1) is 24.7 Å². The molecule has 0 atom stereocenters. The topological polar surface area (TPSA) is 61.9 Å². The summed E-state index contributed by atoms with van der Waals surface area (Å²) in [5.41, 5.74) is 0.920. The number of fused-ring (bicyclic) bond motifs is 1. The molecule has 0 aliphatic carbocycles. The number of nitrogens with one attached hydrogen (secondary N) is 1. The first-order valence-electron chi connectivity index (χ1n) is 8.83. The number of thioether (sulfide) groups is 1. The molecule has 2 amide bonds. The number of para-hydroxylation sites is 1. The van der Waals surface area contributed by atoms with Gasteiger partial charge in [-0.3, -0.25) is 14.5 Å². The molecule has 25 heavy (non-hydrogen) atoms. The van der Waals surface area contributed by atoms with Crippen LogP contribution in [0.3, 0.4) is 0 Å². The third-order valence-corrected chi connectivity index (χ3v) is 5.50. The molecule has 2 aliphatic rings. The van der Waals surface area contributed by atoms with E-state index in [0.29, 0.717) is 25.3 Å². The molecule has 136 valence electrons. The molecule has 0 radical (unpaired) electrons. The lowest BCUT2D eigenvalue weighted by Crippen LogP contribution is -2.39. The maximum Gasteiger partial charge on any atom is 0.237 e. The highest BCUT2D eigenvalue weighted by Crippen LogP contribution is 2.34. The lowest BCUT2D eigenvalue weighted by Gasteiger charge is -2.28. The monoisotopic (exact) mass is 363 g/mol. The van der Waals surface area contributed by atoms with Crippen molar-refractivity contribution in [3.05, 3.63) is 24.3 Å². The maximum absolute atomic E-state index is 12.2. The summed E-state index contributed by atoms with van der Waals surface area (Å²) in [5, 5.41) is 2.96. The fourth-order valence-corrected chi connectivity index (χ4v) is 3.99. The number of rotatable bonds is 7. The fourth-order valence-electron chi connectivity index (χ4n) is 3.06. The van der Waals surface area contributed by atoms with Crippen molar-refractivity contribution in [1.29, 1.82) is 0 Å². The van der Waals surface area contributed by atoms with Gasteiger partial charge in [0, 0.05) is 37.5 Å². The first-order valence-corrected chi connectivity index (χ1v) is 9.81. The second-order valence-electron chi connectivity index (χ2n) is 6.21. The SMILES string of the molecule is O=C(CCN1C(=O)CSc2ccccc21)NCCCN1CCOCC1. The highest BCUT2D eigenvalue weighted by Gasteiger charge is 2.24. The number of carbonyl (C=O) groups excluding carboxylic acids is 2. The second-order valence-corrected chi connectivity index (χ2v) is 7.23. The van der Waals surface area contributed by atoms with Crippen LogP contribution < -0.4 is 10.2 Å². The molecule has 7 heteroatoms. The van der Waals surface area contributed by atoms with Crippen molar-refractivity contribution in [3.8, 4) is 0 Å². The van der Waals surface area contributed by atoms with Gasteiger partial charge in [-0.15, -0.1) is 11.8 Å². The predicted molar refractivity (Wildman–Crippen MR) is 99.0 cm³/mol. The summed E-state index contributed by atoms with van der Waals surface area (Å²) < 4.78 is 5.32. The van der Waals surface area contributed by atoms with E-state index in [9.17, 15) is 9.59 Å². The van der Waals surface area contributed by atoms with Gasteiger partial charge in [-0.1, -0.05) is 12.1 Å². The van der Waals surface area contributed by atoms with Crippen molar-refractivity contribution < 1.29 is 14.3 Å². The number of benzene rings is 1. The molecule has 1 N–H and O–H groups in total. The molecule has 0 unspecified atom stereocenters. The molecular formula is C18H25N3O3S. The van der Waals surface area contributed by atoms with Crippen molar-refractivity contribution in [2.75, 3.05) is 56.6 Å². The molecule has 1 aromatic rings.